The third kappa shape index (κ3) is 6.04. The summed E-state index contributed by atoms with van der Waals surface area (Å²) in [6.45, 7) is 4.68. The summed E-state index contributed by atoms with van der Waals surface area (Å²) in [5, 5.41) is 0. The second kappa shape index (κ2) is 9.89. The van der Waals surface area contributed by atoms with E-state index in [9.17, 15) is 0 Å². The van der Waals surface area contributed by atoms with Crippen molar-refractivity contribution in [3.05, 3.63) is 83.9 Å². The number of hydrogen-bond donors (Lipinski definition) is 0. The van der Waals surface area contributed by atoms with Gasteiger partial charge in [-0.05, 0) is 90.6 Å². The molecule has 0 fully saturated rings. The normalized spacial score (nSPS) is 11.3. The molecule has 0 aromatic heterocycles. The summed E-state index contributed by atoms with van der Waals surface area (Å²) in [6, 6.07) is 25.1. The van der Waals surface area contributed by atoms with Crippen molar-refractivity contribution in [3.8, 4) is 17.2 Å². The molecule has 3 aromatic carbocycles. The van der Waals surface area contributed by atoms with E-state index in [-0.39, 0.29) is 5.41 Å². The maximum atomic E-state index is 6.00. The maximum absolute atomic E-state index is 6.00. The van der Waals surface area contributed by atoms with Crippen molar-refractivity contribution in [3.63, 3.8) is 0 Å². The molecule has 2 nitrogen and oxygen atoms in total. The van der Waals surface area contributed by atoms with Crippen LogP contribution in [0.15, 0.2) is 77.7 Å². The van der Waals surface area contributed by atoms with Gasteiger partial charge in [-0.1, -0.05) is 38.1 Å². The van der Waals surface area contributed by atoms with Crippen LogP contribution in [0.5, 0.6) is 17.2 Å². The molecule has 0 radical (unpaired) electrons. The quantitative estimate of drug-likeness (QED) is 0.343. The van der Waals surface area contributed by atoms with Crippen LogP contribution in [0.3, 0.4) is 0 Å². The highest BCUT2D eigenvalue weighted by Gasteiger charge is 2.20. The maximum Gasteiger partial charge on any atom is 0.127 e. The lowest BCUT2D eigenvalue weighted by Crippen LogP contribution is -2.17. The second-order valence-corrected chi connectivity index (χ2v) is 8.77. The fourth-order valence-electron chi connectivity index (χ4n) is 3.47. The summed E-state index contributed by atoms with van der Waals surface area (Å²) in [5.74, 6) is 2.52. The van der Waals surface area contributed by atoms with Crippen LogP contribution in [-0.2, 0) is 11.8 Å². The van der Waals surface area contributed by atoms with Gasteiger partial charge >= 0.3 is 0 Å². The summed E-state index contributed by atoms with van der Waals surface area (Å²) in [4.78, 5) is 1.32. The van der Waals surface area contributed by atoms with Crippen LogP contribution in [0.1, 0.15) is 37.8 Å². The highest BCUT2D eigenvalue weighted by atomic mass is 32.2. The van der Waals surface area contributed by atoms with Crippen LogP contribution < -0.4 is 9.47 Å². The van der Waals surface area contributed by atoms with Crippen LogP contribution in [0, 0.1) is 0 Å². The van der Waals surface area contributed by atoms with Crippen molar-refractivity contribution in [2.75, 3.05) is 13.4 Å². The molecule has 0 aliphatic rings. The second-order valence-electron chi connectivity index (χ2n) is 7.89. The summed E-state index contributed by atoms with van der Waals surface area (Å²) < 4.78 is 11.2. The molecule has 3 aromatic rings. The first-order valence-electron chi connectivity index (χ1n) is 10.1. The number of aryl methyl sites for hydroxylation is 1. The molecule has 29 heavy (non-hydrogen) atoms. The molecule has 0 aliphatic carbocycles. The number of rotatable bonds is 9. The van der Waals surface area contributed by atoms with E-state index in [1.54, 1.807) is 18.9 Å². The predicted molar refractivity (Wildman–Crippen MR) is 124 cm³/mol. The minimum atomic E-state index is 0.175. The lowest BCUT2D eigenvalue weighted by Gasteiger charge is -2.25. The lowest BCUT2D eigenvalue weighted by molar-refractivity contribution is 0.413. The zero-order valence-corrected chi connectivity index (χ0v) is 18.6. The fraction of sp³-hybridized carbons (Fsp3) is 0.308. The van der Waals surface area contributed by atoms with Gasteiger partial charge < -0.3 is 9.47 Å². The Kier molecular flexibility index (Phi) is 7.27. The first kappa shape index (κ1) is 21.3. The van der Waals surface area contributed by atoms with Crippen molar-refractivity contribution in [1.82, 2.24) is 0 Å². The van der Waals surface area contributed by atoms with Crippen LogP contribution >= 0.6 is 11.8 Å². The Bertz CT molecular complexity index is 899. The van der Waals surface area contributed by atoms with Gasteiger partial charge in [0, 0.05) is 4.90 Å². The SMILES string of the molecule is COc1ccc(Oc2cccc(CCCC(C)(C)c3ccc(SC)cc3)c2)cc1. The Morgan fingerprint density at radius 1 is 0.828 bits per heavy atom. The Balaban J connectivity index is 1.56. The van der Waals surface area contributed by atoms with E-state index < -0.39 is 0 Å². The van der Waals surface area contributed by atoms with Gasteiger partial charge in [0.15, 0.2) is 0 Å². The van der Waals surface area contributed by atoms with E-state index >= 15 is 0 Å². The third-order valence-electron chi connectivity index (χ3n) is 5.33. The largest absolute Gasteiger partial charge is 0.497 e. The van der Waals surface area contributed by atoms with Crippen LogP contribution in [-0.4, -0.2) is 13.4 Å². The molecule has 152 valence electrons. The number of methoxy groups -OCH3 is 1. The molecule has 0 bridgehead atoms. The van der Waals surface area contributed by atoms with Crippen molar-refractivity contribution in [2.45, 2.75) is 43.4 Å². The third-order valence-corrected chi connectivity index (χ3v) is 6.08. The van der Waals surface area contributed by atoms with Gasteiger partial charge in [-0.15, -0.1) is 11.8 Å². The number of benzene rings is 3. The molecular formula is C26H30O2S. The molecule has 0 heterocycles. The molecular weight excluding hydrogens is 376 g/mol. The van der Waals surface area contributed by atoms with Crippen LogP contribution in [0.4, 0.5) is 0 Å². The monoisotopic (exact) mass is 406 g/mol. The molecule has 3 rings (SSSR count). The van der Waals surface area contributed by atoms with Gasteiger partial charge in [-0.3, -0.25) is 0 Å². The molecule has 0 aliphatic heterocycles. The van der Waals surface area contributed by atoms with Gasteiger partial charge in [-0.25, -0.2) is 0 Å². The summed E-state index contributed by atoms with van der Waals surface area (Å²) in [6.07, 6.45) is 5.46. The Morgan fingerprint density at radius 2 is 1.52 bits per heavy atom. The van der Waals surface area contributed by atoms with Crippen molar-refractivity contribution >= 4 is 11.8 Å². The van der Waals surface area contributed by atoms with Crippen molar-refractivity contribution in [2.24, 2.45) is 0 Å². The highest BCUT2D eigenvalue weighted by Crippen LogP contribution is 2.31. The smallest absolute Gasteiger partial charge is 0.127 e. The first-order valence-corrected chi connectivity index (χ1v) is 11.3. The number of ether oxygens (including phenoxy) is 2. The van der Waals surface area contributed by atoms with Gasteiger partial charge in [-0.2, -0.15) is 0 Å². The highest BCUT2D eigenvalue weighted by molar-refractivity contribution is 7.98. The van der Waals surface area contributed by atoms with E-state index in [0.717, 1.165) is 36.5 Å². The van der Waals surface area contributed by atoms with E-state index in [1.165, 1.54) is 16.0 Å². The average molecular weight is 407 g/mol. The van der Waals surface area contributed by atoms with Crippen molar-refractivity contribution < 1.29 is 9.47 Å². The number of thioether (sulfide) groups is 1. The van der Waals surface area contributed by atoms with Gasteiger partial charge in [0.25, 0.3) is 0 Å². The molecule has 0 saturated heterocycles. The summed E-state index contributed by atoms with van der Waals surface area (Å²) in [5.41, 5.74) is 2.89. The Labute approximate surface area is 179 Å². The minimum absolute atomic E-state index is 0.175. The standard InChI is InChI=1S/C26H30O2S/c1-26(2,21-10-16-25(29-4)17-11-21)18-6-8-20-7-5-9-24(19-20)28-23-14-12-22(27-3)13-15-23/h5,7,9-17,19H,6,8,18H2,1-4H3. The van der Waals surface area contributed by atoms with Gasteiger partial charge in [0.05, 0.1) is 7.11 Å². The van der Waals surface area contributed by atoms with Crippen LogP contribution in [0.2, 0.25) is 0 Å². The molecule has 0 atom stereocenters. The fourth-order valence-corrected chi connectivity index (χ4v) is 3.87. The minimum Gasteiger partial charge on any atom is -0.497 e. The Morgan fingerprint density at radius 3 is 2.17 bits per heavy atom. The molecule has 0 amide bonds. The molecule has 0 N–H and O–H groups in total. The molecule has 0 unspecified atom stereocenters. The van der Waals surface area contributed by atoms with E-state index in [0.29, 0.717) is 0 Å². The van der Waals surface area contributed by atoms with Gasteiger partial charge in [0.2, 0.25) is 0 Å². The first-order chi connectivity index (χ1) is 14.0. The molecule has 0 spiro atoms. The predicted octanol–water partition coefficient (Wildman–Crippen LogP) is 7.51. The topological polar surface area (TPSA) is 18.5 Å². The van der Waals surface area contributed by atoms with Crippen LogP contribution in [0.25, 0.3) is 0 Å². The van der Waals surface area contributed by atoms with Gasteiger partial charge in [0.1, 0.15) is 17.2 Å². The van der Waals surface area contributed by atoms with E-state index in [1.807, 2.05) is 30.3 Å². The molecule has 3 heteroatoms. The zero-order valence-electron chi connectivity index (χ0n) is 17.8. The summed E-state index contributed by atoms with van der Waals surface area (Å²) >= 11 is 1.79. The Hall–Kier alpha value is -2.39. The average Bonchev–Trinajstić information content (AvgIpc) is 2.74. The summed E-state index contributed by atoms with van der Waals surface area (Å²) in [7, 11) is 1.67. The van der Waals surface area contributed by atoms with E-state index in [4.69, 9.17) is 9.47 Å². The lowest BCUT2D eigenvalue weighted by atomic mass is 9.80. The number of hydrogen-bond acceptors (Lipinski definition) is 3. The van der Waals surface area contributed by atoms with Crippen molar-refractivity contribution in [1.29, 1.82) is 0 Å². The zero-order chi connectivity index (χ0) is 20.7. The van der Waals surface area contributed by atoms with E-state index in [2.05, 4.69) is 62.6 Å². The molecule has 0 saturated carbocycles.